The SMILES string of the molecule is N[C@@H](C(=O)O)[C@](O)(c1ccccc1)C(F)(F)F. The first-order chi connectivity index (χ1) is 7.71. The van der Waals surface area contributed by atoms with E-state index < -0.39 is 29.4 Å². The van der Waals surface area contributed by atoms with Crippen molar-refractivity contribution in [3.05, 3.63) is 35.9 Å². The molecule has 0 heterocycles. The van der Waals surface area contributed by atoms with Gasteiger partial charge in [0.15, 0.2) is 0 Å². The molecule has 17 heavy (non-hydrogen) atoms. The van der Waals surface area contributed by atoms with Crippen molar-refractivity contribution in [1.82, 2.24) is 0 Å². The zero-order chi connectivity index (χ0) is 13.3. The Kier molecular flexibility index (Phi) is 3.44. The number of carboxylic acids is 1. The normalized spacial score (nSPS) is 17.2. The predicted octanol–water partition coefficient (Wildman–Crippen LogP) is 0.848. The van der Waals surface area contributed by atoms with E-state index in [0.29, 0.717) is 0 Å². The third-order valence-electron chi connectivity index (χ3n) is 2.36. The van der Waals surface area contributed by atoms with Crippen LogP contribution in [0.15, 0.2) is 30.3 Å². The summed E-state index contributed by atoms with van der Waals surface area (Å²) in [7, 11) is 0. The van der Waals surface area contributed by atoms with Crippen LogP contribution in [0.5, 0.6) is 0 Å². The van der Waals surface area contributed by atoms with Gasteiger partial charge in [-0.1, -0.05) is 30.3 Å². The van der Waals surface area contributed by atoms with Gasteiger partial charge >= 0.3 is 12.1 Å². The van der Waals surface area contributed by atoms with Gasteiger partial charge in [0.25, 0.3) is 0 Å². The minimum atomic E-state index is -5.19. The Labute approximate surface area is 94.5 Å². The van der Waals surface area contributed by atoms with E-state index in [1.54, 1.807) is 0 Å². The van der Waals surface area contributed by atoms with Crippen molar-refractivity contribution in [2.45, 2.75) is 17.8 Å². The number of benzene rings is 1. The van der Waals surface area contributed by atoms with E-state index in [-0.39, 0.29) is 0 Å². The standard InChI is InChI=1S/C10H10F3NO3/c11-10(12,13)9(17,7(14)8(15)16)6-4-2-1-3-5-6/h1-5,7,17H,14H2,(H,15,16)/t7-,9+/m0/s1. The van der Waals surface area contributed by atoms with Gasteiger partial charge in [-0.2, -0.15) is 13.2 Å². The molecule has 0 saturated heterocycles. The molecule has 0 aliphatic carbocycles. The number of carboxylic acid groups (broad SMARTS) is 1. The number of halogens is 3. The number of rotatable bonds is 3. The molecule has 0 aromatic heterocycles. The van der Waals surface area contributed by atoms with E-state index in [1.807, 2.05) is 0 Å². The van der Waals surface area contributed by atoms with Crippen LogP contribution >= 0.6 is 0 Å². The van der Waals surface area contributed by atoms with Crippen LogP contribution in [-0.2, 0) is 10.4 Å². The number of aliphatic hydroxyl groups is 1. The number of nitrogens with two attached hydrogens (primary N) is 1. The van der Waals surface area contributed by atoms with Gasteiger partial charge in [0.05, 0.1) is 0 Å². The average Bonchev–Trinajstić information content (AvgIpc) is 2.26. The molecule has 0 amide bonds. The summed E-state index contributed by atoms with van der Waals surface area (Å²) in [6.07, 6.45) is -5.19. The Morgan fingerprint density at radius 3 is 2.06 bits per heavy atom. The molecule has 0 spiro atoms. The molecule has 0 aliphatic heterocycles. The topological polar surface area (TPSA) is 83.6 Å². The van der Waals surface area contributed by atoms with Crippen molar-refractivity contribution >= 4 is 5.97 Å². The lowest BCUT2D eigenvalue weighted by Crippen LogP contribution is -2.59. The Morgan fingerprint density at radius 1 is 1.24 bits per heavy atom. The van der Waals surface area contributed by atoms with Gasteiger partial charge in [-0.25, -0.2) is 0 Å². The second-order valence-electron chi connectivity index (χ2n) is 3.45. The molecule has 0 fully saturated rings. The Balaban J connectivity index is 3.36. The number of hydrogen-bond donors (Lipinski definition) is 3. The van der Waals surface area contributed by atoms with E-state index in [4.69, 9.17) is 10.8 Å². The van der Waals surface area contributed by atoms with Gasteiger partial charge in [-0.05, 0) is 5.56 Å². The smallest absolute Gasteiger partial charge is 0.423 e. The van der Waals surface area contributed by atoms with Crippen LogP contribution in [0.1, 0.15) is 5.56 Å². The zero-order valence-electron chi connectivity index (χ0n) is 8.48. The van der Waals surface area contributed by atoms with Crippen LogP contribution in [0.2, 0.25) is 0 Å². The van der Waals surface area contributed by atoms with Crippen molar-refractivity contribution in [2.75, 3.05) is 0 Å². The minimum Gasteiger partial charge on any atom is -0.480 e. The number of alkyl halides is 3. The molecule has 0 bridgehead atoms. The van der Waals surface area contributed by atoms with Crippen molar-refractivity contribution < 1.29 is 28.2 Å². The maximum absolute atomic E-state index is 12.8. The van der Waals surface area contributed by atoms with Crippen LogP contribution in [0.25, 0.3) is 0 Å². The number of carbonyl (C=O) groups is 1. The third kappa shape index (κ3) is 2.25. The first-order valence-electron chi connectivity index (χ1n) is 4.54. The lowest BCUT2D eigenvalue weighted by molar-refractivity contribution is -0.274. The Morgan fingerprint density at radius 2 is 1.71 bits per heavy atom. The lowest BCUT2D eigenvalue weighted by atomic mass is 9.86. The maximum Gasteiger partial charge on any atom is 0.423 e. The molecule has 0 unspecified atom stereocenters. The summed E-state index contributed by atoms with van der Waals surface area (Å²) in [5, 5.41) is 18.2. The van der Waals surface area contributed by atoms with Crippen LogP contribution in [-0.4, -0.2) is 28.4 Å². The molecule has 94 valence electrons. The van der Waals surface area contributed by atoms with Crippen LogP contribution < -0.4 is 5.73 Å². The minimum absolute atomic E-state index is 0.609. The van der Waals surface area contributed by atoms with Crippen LogP contribution in [0, 0.1) is 0 Å². The highest BCUT2D eigenvalue weighted by atomic mass is 19.4. The molecule has 4 N–H and O–H groups in total. The molecule has 7 heteroatoms. The molecule has 0 radical (unpaired) electrons. The van der Waals surface area contributed by atoms with E-state index in [9.17, 15) is 23.1 Å². The fraction of sp³-hybridized carbons (Fsp3) is 0.300. The van der Waals surface area contributed by atoms with Crippen LogP contribution in [0.3, 0.4) is 0 Å². The monoisotopic (exact) mass is 249 g/mol. The highest BCUT2D eigenvalue weighted by molar-refractivity contribution is 5.75. The van der Waals surface area contributed by atoms with Gasteiger partial charge in [0, 0.05) is 0 Å². The summed E-state index contributed by atoms with van der Waals surface area (Å²) < 4.78 is 38.4. The van der Waals surface area contributed by atoms with E-state index in [1.165, 1.54) is 18.2 Å². The molecule has 1 aromatic carbocycles. The first-order valence-corrected chi connectivity index (χ1v) is 4.54. The summed E-state index contributed by atoms with van der Waals surface area (Å²) in [5.74, 6) is -1.94. The van der Waals surface area contributed by atoms with Crippen molar-refractivity contribution in [3.8, 4) is 0 Å². The number of hydrogen-bond acceptors (Lipinski definition) is 3. The first kappa shape index (κ1) is 13.5. The molecule has 1 rings (SSSR count). The highest BCUT2D eigenvalue weighted by Gasteiger charge is 2.61. The van der Waals surface area contributed by atoms with Crippen LogP contribution in [0.4, 0.5) is 13.2 Å². The van der Waals surface area contributed by atoms with E-state index in [0.717, 1.165) is 12.1 Å². The van der Waals surface area contributed by atoms with Gasteiger partial charge in [0.2, 0.25) is 5.60 Å². The van der Waals surface area contributed by atoms with Gasteiger partial charge in [-0.15, -0.1) is 0 Å². The van der Waals surface area contributed by atoms with Crippen molar-refractivity contribution in [3.63, 3.8) is 0 Å². The van der Waals surface area contributed by atoms with E-state index in [2.05, 4.69) is 0 Å². The Bertz CT molecular complexity index is 407. The molecule has 0 saturated carbocycles. The lowest BCUT2D eigenvalue weighted by Gasteiger charge is -2.33. The molecular weight excluding hydrogens is 239 g/mol. The van der Waals surface area contributed by atoms with Gasteiger partial charge in [0.1, 0.15) is 6.04 Å². The largest absolute Gasteiger partial charge is 0.480 e. The fourth-order valence-electron chi connectivity index (χ4n) is 1.39. The van der Waals surface area contributed by atoms with Gasteiger partial charge in [-0.3, -0.25) is 4.79 Å². The molecular formula is C10H10F3NO3. The summed E-state index contributed by atoms with van der Waals surface area (Å²) >= 11 is 0. The van der Waals surface area contributed by atoms with Crippen molar-refractivity contribution in [2.24, 2.45) is 5.73 Å². The van der Waals surface area contributed by atoms with E-state index >= 15 is 0 Å². The summed E-state index contributed by atoms with van der Waals surface area (Å²) in [5.41, 5.74) is 0.724. The summed E-state index contributed by atoms with van der Waals surface area (Å²) in [6.45, 7) is 0. The quantitative estimate of drug-likeness (QED) is 0.741. The second kappa shape index (κ2) is 4.34. The highest BCUT2D eigenvalue weighted by Crippen LogP contribution is 2.40. The molecule has 4 nitrogen and oxygen atoms in total. The predicted molar refractivity (Wildman–Crippen MR) is 52.0 cm³/mol. The zero-order valence-corrected chi connectivity index (χ0v) is 8.48. The van der Waals surface area contributed by atoms with Gasteiger partial charge < -0.3 is 15.9 Å². The third-order valence-corrected chi connectivity index (χ3v) is 2.36. The summed E-state index contributed by atoms with van der Waals surface area (Å²) in [4.78, 5) is 10.6. The summed E-state index contributed by atoms with van der Waals surface area (Å²) in [6, 6.07) is 3.38. The molecule has 1 aromatic rings. The Hall–Kier alpha value is -1.60. The van der Waals surface area contributed by atoms with Crippen molar-refractivity contribution in [1.29, 1.82) is 0 Å². The molecule has 0 aliphatic rings. The fourth-order valence-corrected chi connectivity index (χ4v) is 1.39. The molecule has 2 atom stereocenters. The number of aliphatic carboxylic acids is 1. The second-order valence-corrected chi connectivity index (χ2v) is 3.45. The maximum atomic E-state index is 12.8. The average molecular weight is 249 g/mol.